The van der Waals surface area contributed by atoms with Crippen LogP contribution in [-0.4, -0.2) is 9.97 Å². The zero-order chi connectivity index (χ0) is 12.3. The second kappa shape index (κ2) is 5.29. The normalized spacial score (nSPS) is 12.4. The highest BCUT2D eigenvalue weighted by atomic mass is 32.2. The molecule has 1 aromatic carbocycles. The molecule has 2 rings (SSSR count). The summed E-state index contributed by atoms with van der Waals surface area (Å²) in [5, 5.41) is 0.776. The summed E-state index contributed by atoms with van der Waals surface area (Å²) in [4.78, 5) is 9.70. The molecule has 17 heavy (non-hydrogen) atoms. The number of hydrogen-bond donors (Lipinski definition) is 1. The van der Waals surface area contributed by atoms with Crippen molar-refractivity contribution in [1.82, 2.24) is 9.97 Å². The fourth-order valence-electron chi connectivity index (χ4n) is 1.42. The standard InChI is InChI=1S/C13H15N3S/c1-9-7-8-15-13(16-9)17-12-5-3-11(4-6-12)10(2)14/h3-8,10H,14H2,1-2H3/t10-/m1/s1. The molecule has 0 saturated heterocycles. The van der Waals surface area contributed by atoms with Crippen LogP contribution >= 0.6 is 11.8 Å². The van der Waals surface area contributed by atoms with Crippen LogP contribution in [0.5, 0.6) is 0 Å². The molecule has 0 saturated carbocycles. The smallest absolute Gasteiger partial charge is 0.192 e. The second-order valence-electron chi connectivity index (χ2n) is 3.94. The van der Waals surface area contributed by atoms with Crippen LogP contribution in [0.1, 0.15) is 24.2 Å². The summed E-state index contributed by atoms with van der Waals surface area (Å²) < 4.78 is 0. The molecule has 0 unspecified atom stereocenters. The maximum absolute atomic E-state index is 5.80. The van der Waals surface area contributed by atoms with Gasteiger partial charge in [-0.05, 0) is 49.4 Å². The molecule has 0 aliphatic heterocycles. The van der Waals surface area contributed by atoms with E-state index in [4.69, 9.17) is 5.73 Å². The molecule has 2 N–H and O–H groups in total. The van der Waals surface area contributed by atoms with E-state index in [9.17, 15) is 0 Å². The van der Waals surface area contributed by atoms with E-state index in [0.717, 1.165) is 21.3 Å². The van der Waals surface area contributed by atoms with E-state index in [1.54, 1.807) is 18.0 Å². The molecule has 1 aromatic heterocycles. The van der Waals surface area contributed by atoms with Crippen LogP contribution < -0.4 is 5.73 Å². The van der Waals surface area contributed by atoms with E-state index in [1.807, 2.05) is 32.0 Å². The van der Waals surface area contributed by atoms with Gasteiger partial charge in [0, 0.05) is 22.8 Å². The molecular weight excluding hydrogens is 230 g/mol. The number of aromatic nitrogens is 2. The summed E-state index contributed by atoms with van der Waals surface area (Å²) in [5.74, 6) is 0. The van der Waals surface area contributed by atoms with E-state index < -0.39 is 0 Å². The molecule has 4 heteroatoms. The van der Waals surface area contributed by atoms with Crippen molar-refractivity contribution in [1.29, 1.82) is 0 Å². The lowest BCUT2D eigenvalue weighted by molar-refractivity contribution is 0.817. The van der Waals surface area contributed by atoms with E-state index in [2.05, 4.69) is 22.1 Å². The van der Waals surface area contributed by atoms with Crippen molar-refractivity contribution in [2.75, 3.05) is 0 Å². The Morgan fingerprint density at radius 3 is 2.47 bits per heavy atom. The first-order chi connectivity index (χ1) is 8.15. The Balaban J connectivity index is 2.14. The van der Waals surface area contributed by atoms with Gasteiger partial charge in [0.1, 0.15) is 0 Å². The van der Waals surface area contributed by atoms with Gasteiger partial charge in [0.2, 0.25) is 0 Å². The zero-order valence-corrected chi connectivity index (χ0v) is 10.7. The number of aryl methyl sites for hydroxylation is 1. The van der Waals surface area contributed by atoms with Crippen LogP contribution in [0.4, 0.5) is 0 Å². The minimum atomic E-state index is 0.0734. The Kier molecular flexibility index (Phi) is 3.76. The summed E-state index contributed by atoms with van der Waals surface area (Å²) in [6, 6.07) is 10.2. The predicted molar refractivity (Wildman–Crippen MR) is 69.9 cm³/mol. The van der Waals surface area contributed by atoms with Gasteiger partial charge in [0.25, 0.3) is 0 Å². The molecule has 2 aromatic rings. The lowest BCUT2D eigenvalue weighted by Crippen LogP contribution is -2.04. The molecule has 3 nitrogen and oxygen atoms in total. The van der Waals surface area contributed by atoms with E-state index in [0.29, 0.717) is 0 Å². The van der Waals surface area contributed by atoms with Gasteiger partial charge in [-0.2, -0.15) is 0 Å². The summed E-state index contributed by atoms with van der Waals surface area (Å²) in [6.45, 7) is 3.94. The quantitative estimate of drug-likeness (QED) is 0.845. The van der Waals surface area contributed by atoms with Crippen molar-refractivity contribution in [3.8, 4) is 0 Å². The monoisotopic (exact) mass is 245 g/mol. The Hall–Kier alpha value is -1.39. The fourth-order valence-corrected chi connectivity index (χ4v) is 2.21. The fraction of sp³-hybridized carbons (Fsp3) is 0.231. The van der Waals surface area contributed by atoms with Crippen LogP contribution in [0.3, 0.4) is 0 Å². The molecule has 0 aliphatic carbocycles. The van der Waals surface area contributed by atoms with Gasteiger partial charge in [-0.25, -0.2) is 9.97 Å². The summed E-state index contributed by atoms with van der Waals surface area (Å²) in [5.41, 5.74) is 7.92. The predicted octanol–water partition coefficient (Wildman–Crippen LogP) is 2.96. The van der Waals surface area contributed by atoms with Crippen LogP contribution in [0, 0.1) is 6.92 Å². The molecule has 0 radical (unpaired) electrons. The van der Waals surface area contributed by atoms with Gasteiger partial charge in [0.15, 0.2) is 5.16 Å². The highest BCUT2D eigenvalue weighted by Gasteiger charge is 2.02. The third kappa shape index (κ3) is 3.28. The average Bonchev–Trinajstić information content (AvgIpc) is 2.29. The molecule has 88 valence electrons. The van der Waals surface area contributed by atoms with Gasteiger partial charge >= 0.3 is 0 Å². The first kappa shape index (κ1) is 12.1. The van der Waals surface area contributed by atoms with Crippen molar-refractivity contribution in [2.24, 2.45) is 5.73 Å². The Bertz CT molecular complexity index is 494. The van der Waals surface area contributed by atoms with E-state index >= 15 is 0 Å². The van der Waals surface area contributed by atoms with Gasteiger partial charge in [-0.1, -0.05) is 12.1 Å². The van der Waals surface area contributed by atoms with Crippen molar-refractivity contribution in [3.63, 3.8) is 0 Å². The highest BCUT2D eigenvalue weighted by Crippen LogP contribution is 2.25. The number of benzene rings is 1. The Labute approximate surface area is 105 Å². The minimum absolute atomic E-state index is 0.0734. The molecule has 1 atom stereocenters. The molecule has 1 heterocycles. The van der Waals surface area contributed by atoms with Gasteiger partial charge in [-0.15, -0.1) is 0 Å². The van der Waals surface area contributed by atoms with Crippen molar-refractivity contribution < 1.29 is 0 Å². The molecular formula is C13H15N3S. The van der Waals surface area contributed by atoms with Crippen LogP contribution in [0.15, 0.2) is 46.6 Å². The van der Waals surface area contributed by atoms with Crippen LogP contribution in [0.2, 0.25) is 0 Å². The average molecular weight is 245 g/mol. The SMILES string of the molecule is Cc1ccnc(Sc2ccc([C@@H](C)N)cc2)n1. The molecule has 0 amide bonds. The van der Waals surface area contributed by atoms with Crippen molar-refractivity contribution >= 4 is 11.8 Å². The third-order valence-corrected chi connectivity index (χ3v) is 3.27. The number of hydrogen-bond acceptors (Lipinski definition) is 4. The van der Waals surface area contributed by atoms with E-state index in [1.165, 1.54) is 0 Å². The third-order valence-electron chi connectivity index (χ3n) is 2.39. The van der Waals surface area contributed by atoms with Gasteiger partial charge in [0.05, 0.1) is 0 Å². The summed E-state index contributed by atoms with van der Waals surface area (Å²) in [6.07, 6.45) is 1.78. The summed E-state index contributed by atoms with van der Waals surface area (Å²) in [7, 11) is 0. The van der Waals surface area contributed by atoms with Crippen molar-refractivity contribution in [3.05, 3.63) is 47.8 Å². The van der Waals surface area contributed by atoms with Gasteiger partial charge < -0.3 is 5.73 Å². The molecule has 0 spiro atoms. The number of rotatable bonds is 3. The second-order valence-corrected chi connectivity index (χ2v) is 4.98. The van der Waals surface area contributed by atoms with E-state index in [-0.39, 0.29) is 6.04 Å². The first-order valence-corrected chi connectivity index (χ1v) is 6.30. The molecule has 0 fully saturated rings. The minimum Gasteiger partial charge on any atom is -0.324 e. The maximum Gasteiger partial charge on any atom is 0.192 e. The van der Waals surface area contributed by atoms with Crippen molar-refractivity contribution in [2.45, 2.75) is 29.9 Å². The number of nitrogens with two attached hydrogens (primary N) is 1. The lowest BCUT2D eigenvalue weighted by Gasteiger charge is -2.06. The summed E-state index contributed by atoms with van der Waals surface area (Å²) >= 11 is 1.56. The highest BCUT2D eigenvalue weighted by molar-refractivity contribution is 7.99. The van der Waals surface area contributed by atoms with Crippen LogP contribution in [-0.2, 0) is 0 Å². The molecule has 0 bridgehead atoms. The Morgan fingerprint density at radius 1 is 1.18 bits per heavy atom. The topological polar surface area (TPSA) is 51.8 Å². The number of nitrogens with zero attached hydrogens (tertiary/aromatic N) is 2. The first-order valence-electron chi connectivity index (χ1n) is 5.48. The molecule has 0 aliphatic rings. The lowest BCUT2D eigenvalue weighted by atomic mass is 10.1. The van der Waals surface area contributed by atoms with Crippen LogP contribution in [0.25, 0.3) is 0 Å². The zero-order valence-electron chi connectivity index (χ0n) is 9.92. The largest absolute Gasteiger partial charge is 0.324 e. The maximum atomic E-state index is 5.80. The van der Waals surface area contributed by atoms with Gasteiger partial charge in [-0.3, -0.25) is 0 Å². The Morgan fingerprint density at radius 2 is 1.88 bits per heavy atom.